The summed E-state index contributed by atoms with van der Waals surface area (Å²) in [7, 11) is 1.76. The van der Waals surface area contributed by atoms with Crippen molar-refractivity contribution in [1.82, 2.24) is 9.97 Å². The third-order valence-corrected chi connectivity index (χ3v) is 6.89. The molecule has 2 aromatic carbocycles. The van der Waals surface area contributed by atoms with E-state index in [4.69, 9.17) is 9.98 Å². The van der Waals surface area contributed by atoms with E-state index in [1.807, 2.05) is 30.5 Å². The Morgan fingerprint density at radius 3 is 2.47 bits per heavy atom. The molecule has 2 heterocycles. The average molecular weight is 458 g/mol. The molecular formula is C27H28FN5O. The third-order valence-electron chi connectivity index (χ3n) is 6.89. The molecule has 5 rings (SSSR count). The highest BCUT2D eigenvalue weighted by molar-refractivity contribution is 6.01. The predicted octanol–water partition coefficient (Wildman–Crippen LogP) is 4.55. The van der Waals surface area contributed by atoms with Gasteiger partial charge >= 0.3 is 0 Å². The standard InChI is InChI=1S/C27H28FN5O/c1-29-25-30-16-13-23(32-25)27(21-7-9-22(28)10-8-21)18-31-24(33-27)20-11-14-26(34,15-12-20)17-19-5-3-2-4-6-19/h2-10,13,16,18,20,34H,11-12,14-15,17H2,1H3,(H,29,30,32). The molecule has 0 radical (unpaired) electrons. The molecule has 7 heteroatoms. The normalized spacial score (nSPS) is 26.3. The van der Waals surface area contributed by atoms with E-state index in [-0.39, 0.29) is 11.7 Å². The van der Waals surface area contributed by atoms with Crippen LogP contribution in [0.3, 0.4) is 0 Å². The molecule has 0 spiro atoms. The number of aliphatic imine (C=N–C) groups is 2. The monoisotopic (exact) mass is 457 g/mol. The lowest BCUT2D eigenvalue weighted by molar-refractivity contribution is -0.00179. The summed E-state index contributed by atoms with van der Waals surface area (Å²) >= 11 is 0. The molecule has 1 aliphatic carbocycles. The Balaban J connectivity index is 1.41. The highest BCUT2D eigenvalue weighted by atomic mass is 19.1. The molecular weight excluding hydrogens is 429 g/mol. The first-order valence-corrected chi connectivity index (χ1v) is 11.7. The van der Waals surface area contributed by atoms with Crippen LogP contribution in [0.4, 0.5) is 10.3 Å². The molecule has 2 aliphatic rings. The molecule has 6 nitrogen and oxygen atoms in total. The molecule has 1 aromatic heterocycles. The van der Waals surface area contributed by atoms with Crippen LogP contribution in [0.5, 0.6) is 0 Å². The lowest BCUT2D eigenvalue weighted by atomic mass is 9.75. The number of benzene rings is 2. The van der Waals surface area contributed by atoms with Gasteiger partial charge in [-0.1, -0.05) is 42.5 Å². The number of hydrogen-bond acceptors (Lipinski definition) is 6. The fraction of sp³-hybridized carbons (Fsp3) is 0.333. The van der Waals surface area contributed by atoms with Gasteiger partial charge in [-0.25, -0.2) is 24.3 Å². The Kier molecular flexibility index (Phi) is 5.96. The second-order valence-electron chi connectivity index (χ2n) is 9.18. The molecule has 2 N–H and O–H groups in total. The first-order valence-electron chi connectivity index (χ1n) is 11.7. The van der Waals surface area contributed by atoms with E-state index in [2.05, 4.69) is 27.4 Å². The van der Waals surface area contributed by atoms with Crippen LogP contribution in [0.25, 0.3) is 0 Å². The first-order chi connectivity index (χ1) is 16.5. The minimum absolute atomic E-state index is 0.153. The van der Waals surface area contributed by atoms with Gasteiger partial charge in [-0.05, 0) is 55.0 Å². The number of hydrogen-bond donors (Lipinski definition) is 2. The predicted molar refractivity (Wildman–Crippen MR) is 132 cm³/mol. The van der Waals surface area contributed by atoms with Crippen molar-refractivity contribution in [2.75, 3.05) is 12.4 Å². The van der Waals surface area contributed by atoms with Gasteiger partial charge in [0.2, 0.25) is 5.95 Å². The lowest BCUT2D eigenvalue weighted by Crippen LogP contribution is -2.37. The Bertz CT molecular complexity index is 1200. The van der Waals surface area contributed by atoms with E-state index in [1.165, 1.54) is 12.1 Å². The SMILES string of the molecule is CNc1nccc(C2(c3ccc(F)cc3)C=NC(C3CCC(O)(Cc4ccccc4)CC3)=N2)n1. The number of aliphatic hydroxyl groups is 1. The Hall–Kier alpha value is -3.45. The van der Waals surface area contributed by atoms with Crippen molar-refractivity contribution in [2.24, 2.45) is 15.9 Å². The smallest absolute Gasteiger partial charge is 0.222 e. The van der Waals surface area contributed by atoms with E-state index in [0.29, 0.717) is 30.9 Å². The maximum absolute atomic E-state index is 13.7. The Labute approximate surface area is 198 Å². The van der Waals surface area contributed by atoms with Crippen molar-refractivity contribution in [2.45, 2.75) is 43.2 Å². The maximum atomic E-state index is 13.7. The van der Waals surface area contributed by atoms with Crippen LogP contribution in [0.2, 0.25) is 0 Å². The summed E-state index contributed by atoms with van der Waals surface area (Å²) in [4.78, 5) is 18.7. The molecule has 1 saturated carbocycles. The molecule has 34 heavy (non-hydrogen) atoms. The molecule has 1 aliphatic heterocycles. The molecule has 1 atom stereocenters. The number of nitrogens with one attached hydrogen (secondary N) is 1. The average Bonchev–Trinajstić information content (AvgIpc) is 3.32. The van der Waals surface area contributed by atoms with Gasteiger partial charge in [-0.2, -0.15) is 0 Å². The van der Waals surface area contributed by atoms with Crippen molar-refractivity contribution >= 4 is 18.0 Å². The van der Waals surface area contributed by atoms with Crippen LogP contribution >= 0.6 is 0 Å². The molecule has 3 aromatic rings. The number of aromatic nitrogens is 2. The minimum atomic E-state index is -0.935. The highest BCUT2D eigenvalue weighted by Crippen LogP contribution is 2.40. The summed E-state index contributed by atoms with van der Waals surface area (Å²) in [6.07, 6.45) is 7.16. The van der Waals surface area contributed by atoms with Crippen LogP contribution in [0, 0.1) is 11.7 Å². The van der Waals surface area contributed by atoms with E-state index in [1.54, 1.807) is 25.4 Å². The second-order valence-corrected chi connectivity index (χ2v) is 9.18. The number of amidine groups is 1. The molecule has 1 unspecified atom stereocenters. The van der Waals surface area contributed by atoms with E-state index in [9.17, 15) is 9.50 Å². The largest absolute Gasteiger partial charge is 0.390 e. The maximum Gasteiger partial charge on any atom is 0.222 e. The zero-order chi connectivity index (χ0) is 23.6. The molecule has 0 amide bonds. The summed E-state index contributed by atoms with van der Waals surface area (Å²) < 4.78 is 13.7. The summed E-state index contributed by atoms with van der Waals surface area (Å²) in [6, 6.07) is 18.3. The van der Waals surface area contributed by atoms with Gasteiger partial charge in [0, 0.05) is 31.8 Å². The zero-order valence-corrected chi connectivity index (χ0v) is 19.2. The van der Waals surface area contributed by atoms with Crippen LogP contribution in [0.1, 0.15) is 42.5 Å². The van der Waals surface area contributed by atoms with Gasteiger partial charge in [-0.3, -0.25) is 0 Å². The number of halogens is 1. The summed E-state index contributed by atoms with van der Waals surface area (Å²) in [6.45, 7) is 0. The van der Waals surface area contributed by atoms with Crippen LogP contribution in [-0.2, 0) is 12.0 Å². The van der Waals surface area contributed by atoms with E-state index in [0.717, 1.165) is 29.8 Å². The molecule has 0 bridgehead atoms. The van der Waals surface area contributed by atoms with Crippen molar-refractivity contribution < 1.29 is 9.50 Å². The van der Waals surface area contributed by atoms with Gasteiger partial charge in [0.05, 0.1) is 11.3 Å². The van der Waals surface area contributed by atoms with Gasteiger partial charge in [0.1, 0.15) is 11.7 Å². The van der Waals surface area contributed by atoms with Crippen LogP contribution in [0.15, 0.2) is 76.8 Å². The summed E-state index contributed by atoms with van der Waals surface area (Å²) in [5, 5.41) is 14.2. The number of anilines is 1. The Morgan fingerprint density at radius 2 is 1.76 bits per heavy atom. The lowest BCUT2D eigenvalue weighted by Gasteiger charge is -2.36. The molecule has 1 fully saturated rings. The van der Waals surface area contributed by atoms with Gasteiger partial charge < -0.3 is 10.4 Å². The van der Waals surface area contributed by atoms with Gasteiger partial charge in [0.15, 0.2) is 5.54 Å². The van der Waals surface area contributed by atoms with Gasteiger partial charge in [0.25, 0.3) is 0 Å². The fourth-order valence-corrected chi connectivity index (χ4v) is 4.97. The minimum Gasteiger partial charge on any atom is -0.390 e. The topological polar surface area (TPSA) is 82.8 Å². The number of rotatable bonds is 6. The van der Waals surface area contributed by atoms with Crippen molar-refractivity contribution in [3.63, 3.8) is 0 Å². The van der Waals surface area contributed by atoms with Gasteiger partial charge in [-0.15, -0.1) is 0 Å². The quantitative estimate of drug-likeness (QED) is 0.569. The van der Waals surface area contributed by atoms with E-state index >= 15 is 0 Å². The van der Waals surface area contributed by atoms with E-state index < -0.39 is 11.1 Å². The zero-order valence-electron chi connectivity index (χ0n) is 19.2. The third kappa shape index (κ3) is 4.35. The first kappa shape index (κ1) is 22.3. The Morgan fingerprint density at radius 1 is 1.03 bits per heavy atom. The van der Waals surface area contributed by atoms with Crippen molar-refractivity contribution in [1.29, 1.82) is 0 Å². The van der Waals surface area contributed by atoms with Crippen molar-refractivity contribution in [3.05, 3.63) is 89.5 Å². The summed E-state index contributed by atoms with van der Waals surface area (Å²) in [5.41, 5.74) is 0.982. The molecule has 0 saturated heterocycles. The number of nitrogens with zero attached hydrogens (tertiary/aromatic N) is 4. The van der Waals surface area contributed by atoms with Crippen LogP contribution < -0.4 is 5.32 Å². The van der Waals surface area contributed by atoms with Crippen LogP contribution in [-0.4, -0.2) is 39.8 Å². The highest BCUT2D eigenvalue weighted by Gasteiger charge is 2.41. The summed E-state index contributed by atoms with van der Waals surface area (Å²) in [5.74, 6) is 1.09. The second kappa shape index (κ2) is 9.06. The van der Waals surface area contributed by atoms with Crippen molar-refractivity contribution in [3.8, 4) is 0 Å². The fourth-order valence-electron chi connectivity index (χ4n) is 4.97. The molecule has 174 valence electrons.